The molecule has 1 unspecified atom stereocenters. The summed E-state index contributed by atoms with van der Waals surface area (Å²) in [6, 6.07) is 11.2. The van der Waals surface area contributed by atoms with E-state index in [1.807, 2.05) is 7.05 Å². The van der Waals surface area contributed by atoms with Crippen molar-refractivity contribution in [1.82, 2.24) is 25.0 Å². The first-order chi connectivity index (χ1) is 13.7. The van der Waals surface area contributed by atoms with E-state index in [0.717, 1.165) is 51.6 Å². The van der Waals surface area contributed by atoms with E-state index in [9.17, 15) is 0 Å². The number of piperazine rings is 1. The highest BCUT2D eigenvalue weighted by Crippen LogP contribution is 2.15. The first-order valence-corrected chi connectivity index (χ1v) is 10.7. The Kier molecular flexibility index (Phi) is 7.74. The van der Waals surface area contributed by atoms with Crippen LogP contribution in [-0.2, 0) is 6.54 Å². The highest BCUT2D eigenvalue weighted by Gasteiger charge is 2.20. The van der Waals surface area contributed by atoms with Gasteiger partial charge in [-0.2, -0.15) is 0 Å². The molecular formula is C22H36N6. The predicted octanol–water partition coefficient (Wildman–Crippen LogP) is 2.22. The Bertz CT molecular complexity index is 744. The van der Waals surface area contributed by atoms with Crippen molar-refractivity contribution in [3.8, 4) is 0 Å². The fraction of sp³-hybridized carbons (Fsp3) is 0.591. The minimum absolute atomic E-state index is 0.517. The van der Waals surface area contributed by atoms with Gasteiger partial charge in [0.05, 0.1) is 0 Å². The molecule has 3 rings (SSSR count). The molecule has 0 spiro atoms. The summed E-state index contributed by atoms with van der Waals surface area (Å²) in [5, 5.41) is 8.25. The fourth-order valence-corrected chi connectivity index (χ4v) is 3.91. The van der Waals surface area contributed by atoms with Crippen molar-refractivity contribution in [3.05, 3.63) is 36.5 Å². The third-order valence-electron chi connectivity index (χ3n) is 5.81. The second kappa shape index (κ2) is 10.5. The van der Waals surface area contributed by atoms with E-state index >= 15 is 0 Å². The molecule has 1 aliphatic rings. The molecule has 1 aromatic heterocycles. The zero-order chi connectivity index (χ0) is 19.8. The molecular weight excluding hydrogens is 348 g/mol. The first kappa shape index (κ1) is 20.7. The summed E-state index contributed by atoms with van der Waals surface area (Å²) in [6.45, 7) is 13.2. The highest BCUT2D eigenvalue weighted by molar-refractivity contribution is 5.80. The number of likely N-dealkylation sites (N-methyl/N-ethyl adjacent to an activating group) is 1. The molecule has 0 saturated carbocycles. The van der Waals surface area contributed by atoms with Gasteiger partial charge in [-0.15, -0.1) is 0 Å². The third-order valence-corrected chi connectivity index (χ3v) is 5.81. The summed E-state index contributed by atoms with van der Waals surface area (Å²) in [5.74, 6) is 0.899. The van der Waals surface area contributed by atoms with E-state index in [1.165, 1.54) is 24.0 Å². The number of rotatable bonds is 8. The zero-order valence-corrected chi connectivity index (χ0v) is 17.7. The molecule has 1 fully saturated rings. The largest absolute Gasteiger partial charge is 0.356 e. The zero-order valence-electron chi connectivity index (χ0n) is 17.7. The normalized spacial score (nSPS) is 17.8. The van der Waals surface area contributed by atoms with Gasteiger partial charge in [0.1, 0.15) is 0 Å². The number of aliphatic imine (C=N–C) groups is 1. The van der Waals surface area contributed by atoms with Crippen LogP contribution < -0.4 is 10.6 Å². The van der Waals surface area contributed by atoms with Gasteiger partial charge in [0.15, 0.2) is 5.96 Å². The Labute approximate surface area is 169 Å². The molecule has 2 N–H and O–H groups in total. The van der Waals surface area contributed by atoms with Crippen LogP contribution in [0.25, 0.3) is 10.9 Å². The van der Waals surface area contributed by atoms with Crippen LogP contribution >= 0.6 is 0 Å². The van der Waals surface area contributed by atoms with E-state index in [0.29, 0.717) is 6.04 Å². The van der Waals surface area contributed by atoms with Gasteiger partial charge in [-0.25, -0.2) is 0 Å². The lowest BCUT2D eigenvalue weighted by molar-refractivity contribution is 0.107. The second-order valence-electron chi connectivity index (χ2n) is 7.62. The van der Waals surface area contributed by atoms with Crippen LogP contribution in [0.3, 0.4) is 0 Å². The maximum Gasteiger partial charge on any atom is 0.191 e. The SMILES string of the molecule is CCN1CCN(C(C)CNC(=NC)NCCCn2ccc3ccccc32)CC1. The van der Waals surface area contributed by atoms with Gasteiger partial charge in [0.25, 0.3) is 0 Å². The highest BCUT2D eigenvalue weighted by atomic mass is 15.3. The maximum absolute atomic E-state index is 4.38. The lowest BCUT2D eigenvalue weighted by Crippen LogP contribution is -2.53. The number of hydrogen-bond donors (Lipinski definition) is 2. The van der Waals surface area contributed by atoms with Crippen LogP contribution in [0.2, 0.25) is 0 Å². The van der Waals surface area contributed by atoms with Crippen LogP contribution in [0.15, 0.2) is 41.5 Å². The lowest BCUT2D eigenvalue weighted by atomic mass is 10.2. The number of hydrogen-bond acceptors (Lipinski definition) is 3. The average molecular weight is 385 g/mol. The van der Waals surface area contributed by atoms with Crippen LogP contribution in [0, 0.1) is 0 Å². The van der Waals surface area contributed by atoms with Crippen molar-refractivity contribution in [2.45, 2.75) is 32.9 Å². The molecule has 1 aromatic carbocycles. The summed E-state index contributed by atoms with van der Waals surface area (Å²) in [4.78, 5) is 9.47. The van der Waals surface area contributed by atoms with Crippen molar-refractivity contribution in [3.63, 3.8) is 0 Å². The van der Waals surface area contributed by atoms with Crippen molar-refractivity contribution in [2.75, 3.05) is 52.9 Å². The molecule has 0 bridgehead atoms. The molecule has 2 aromatic rings. The minimum atomic E-state index is 0.517. The molecule has 0 aliphatic carbocycles. The second-order valence-corrected chi connectivity index (χ2v) is 7.62. The maximum atomic E-state index is 4.38. The number of nitrogens with zero attached hydrogens (tertiary/aromatic N) is 4. The van der Waals surface area contributed by atoms with Gasteiger partial charge < -0.3 is 20.1 Å². The topological polar surface area (TPSA) is 47.8 Å². The van der Waals surface area contributed by atoms with Crippen molar-refractivity contribution < 1.29 is 0 Å². The van der Waals surface area contributed by atoms with E-state index < -0.39 is 0 Å². The summed E-state index contributed by atoms with van der Waals surface area (Å²) in [7, 11) is 1.85. The Balaban J connectivity index is 1.35. The number of para-hydroxylation sites is 1. The van der Waals surface area contributed by atoms with Gasteiger partial charge in [0.2, 0.25) is 0 Å². The monoisotopic (exact) mass is 384 g/mol. The third kappa shape index (κ3) is 5.49. The number of fused-ring (bicyclic) bond motifs is 1. The molecule has 1 aliphatic heterocycles. The molecule has 6 nitrogen and oxygen atoms in total. The van der Waals surface area contributed by atoms with E-state index in [-0.39, 0.29) is 0 Å². The molecule has 2 heterocycles. The van der Waals surface area contributed by atoms with Gasteiger partial charge in [0, 0.05) is 70.6 Å². The van der Waals surface area contributed by atoms with Crippen molar-refractivity contribution in [1.29, 1.82) is 0 Å². The smallest absolute Gasteiger partial charge is 0.191 e. The number of aryl methyl sites for hydroxylation is 1. The molecule has 1 atom stereocenters. The van der Waals surface area contributed by atoms with Gasteiger partial charge >= 0.3 is 0 Å². The Morgan fingerprint density at radius 1 is 1.11 bits per heavy atom. The molecule has 1 saturated heterocycles. The summed E-state index contributed by atoms with van der Waals surface area (Å²) in [5.41, 5.74) is 1.31. The van der Waals surface area contributed by atoms with Gasteiger partial charge in [-0.1, -0.05) is 25.1 Å². The Morgan fingerprint density at radius 2 is 1.89 bits per heavy atom. The first-order valence-electron chi connectivity index (χ1n) is 10.7. The van der Waals surface area contributed by atoms with Crippen LogP contribution in [-0.4, -0.2) is 79.2 Å². The lowest BCUT2D eigenvalue weighted by Gasteiger charge is -2.37. The van der Waals surface area contributed by atoms with Crippen molar-refractivity contribution in [2.24, 2.45) is 4.99 Å². The molecule has 0 radical (unpaired) electrons. The molecule has 154 valence electrons. The quantitative estimate of drug-likeness (QED) is 0.416. The summed E-state index contributed by atoms with van der Waals surface area (Å²) < 4.78 is 2.32. The Morgan fingerprint density at radius 3 is 2.64 bits per heavy atom. The van der Waals surface area contributed by atoms with Crippen molar-refractivity contribution >= 4 is 16.9 Å². The molecule has 6 heteroatoms. The predicted molar refractivity (Wildman–Crippen MR) is 119 cm³/mol. The minimum Gasteiger partial charge on any atom is -0.356 e. The number of benzene rings is 1. The average Bonchev–Trinajstić information content (AvgIpc) is 3.16. The summed E-state index contributed by atoms with van der Waals surface area (Å²) in [6.07, 6.45) is 3.24. The number of nitrogens with one attached hydrogen (secondary N) is 2. The van der Waals surface area contributed by atoms with Gasteiger partial charge in [-0.05, 0) is 37.4 Å². The van der Waals surface area contributed by atoms with E-state index in [4.69, 9.17) is 0 Å². The summed E-state index contributed by atoms with van der Waals surface area (Å²) >= 11 is 0. The standard InChI is InChI=1S/C22H36N6/c1-4-26-14-16-27(17-15-26)19(2)18-25-22(23-3)24-11-7-12-28-13-10-20-8-5-6-9-21(20)28/h5-6,8-10,13,19H,4,7,11-12,14-18H2,1-3H3,(H2,23,24,25). The van der Waals surface area contributed by atoms with Crippen LogP contribution in [0.1, 0.15) is 20.3 Å². The van der Waals surface area contributed by atoms with E-state index in [1.54, 1.807) is 0 Å². The van der Waals surface area contributed by atoms with Crippen LogP contribution in [0.5, 0.6) is 0 Å². The number of guanidine groups is 1. The van der Waals surface area contributed by atoms with E-state index in [2.05, 4.69) is 80.4 Å². The fourth-order valence-electron chi connectivity index (χ4n) is 3.91. The molecule has 0 amide bonds. The Hall–Kier alpha value is -2.05. The van der Waals surface area contributed by atoms with Crippen LogP contribution in [0.4, 0.5) is 0 Å². The van der Waals surface area contributed by atoms with Gasteiger partial charge in [-0.3, -0.25) is 9.89 Å². The molecule has 28 heavy (non-hydrogen) atoms. The number of aromatic nitrogens is 1.